The van der Waals surface area contributed by atoms with Crippen LogP contribution in [-0.2, 0) is 6.42 Å². The lowest BCUT2D eigenvalue weighted by Gasteiger charge is -2.25. The third-order valence-corrected chi connectivity index (χ3v) is 6.24. The van der Waals surface area contributed by atoms with E-state index in [9.17, 15) is 9.90 Å². The van der Waals surface area contributed by atoms with Gasteiger partial charge in [-0.05, 0) is 51.7 Å². The van der Waals surface area contributed by atoms with Crippen LogP contribution in [0.5, 0.6) is 11.5 Å². The number of anilines is 1. The predicted molar refractivity (Wildman–Crippen MR) is 119 cm³/mol. The van der Waals surface area contributed by atoms with E-state index in [0.29, 0.717) is 34.8 Å². The smallest absolute Gasteiger partial charge is 0.261 e. The Morgan fingerprint density at radius 1 is 1.28 bits per heavy atom. The number of nitrogens with zero attached hydrogens (tertiary/aromatic N) is 3. The number of amides is 1. The molecule has 1 atom stereocenters. The van der Waals surface area contributed by atoms with Gasteiger partial charge in [0.05, 0.1) is 23.6 Å². The zero-order valence-electron chi connectivity index (χ0n) is 18.4. The Morgan fingerprint density at radius 2 is 2.09 bits per heavy atom. The quantitative estimate of drug-likeness (QED) is 0.632. The Balaban J connectivity index is 1.46. The maximum absolute atomic E-state index is 13.1. The van der Waals surface area contributed by atoms with Crippen molar-refractivity contribution in [2.24, 2.45) is 0 Å². The van der Waals surface area contributed by atoms with Crippen molar-refractivity contribution in [2.75, 3.05) is 5.32 Å². The van der Waals surface area contributed by atoms with E-state index in [4.69, 9.17) is 9.47 Å². The molecule has 1 aliphatic heterocycles. The minimum atomic E-state index is -0.977. The van der Waals surface area contributed by atoms with Gasteiger partial charge in [0.1, 0.15) is 23.2 Å². The second-order valence-electron chi connectivity index (χ2n) is 9.20. The number of benzene rings is 1. The molecule has 0 saturated heterocycles. The number of aromatic nitrogens is 3. The fourth-order valence-corrected chi connectivity index (χ4v) is 4.40. The van der Waals surface area contributed by atoms with E-state index in [1.807, 2.05) is 12.1 Å². The lowest BCUT2D eigenvalue weighted by atomic mass is 9.96. The molecular weight excluding hydrogens is 408 g/mol. The fourth-order valence-electron chi connectivity index (χ4n) is 4.40. The van der Waals surface area contributed by atoms with Crippen LogP contribution in [0.2, 0.25) is 0 Å². The van der Waals surface area contributed by atoms with Crippen molar-refractivity contribution >= 4 is 17.2 Å². The highest BCUT2D eigenvalue weighted by Gasteiger charge is 2.36. The fraction of sp³-hybridized carbons (Fsp3) is 0.458. The Morgan fingerprint density at radius 3 is 2.88 bits per heavy atom. The number of nitrogens with one attached hydrogen (secondary N) is 1. The van der Waals surface area contributed by atoms with Crippen LogP contribution in [-0.4, -0.2) is 43.4 Å². The first-order valence-electron chi connectivity index (χ1n) is 11.2. The molecule has 168 valence electrons. The normalized spacial score (nSPS) is 18.9. The van der Waals surface area contributed by atoms with Crippen LogP contribution in [0.1, 0.15) is 61.9 Å². The van der Waals surface area contributed by atoms with Gasteiger partial charge in [0.15, 0.2) is 5.65 Å². The van der Waals surface area contributed by atoms with Gasteiger partial charge >= 0.3 is 0 Å². The molecule has 2 aromatic heterocycles. The third-order valence-electron chi connectivity index (χ3n) is 6.24. The molecule has 3 heterocycles. The van der Waals surface area contributed by atoms with Crippen molar-refractivity contribution in [3.8, 4) is 11.5 Å². The van der Waals surface area contributed by atoms with Gasteiger partial charge in [-0.1, -0.05) is 6.42 Å². The molecule has 32 heavy (non-hydrogen) atoms. The average Bonchev–Trinajstić information content (AvgIpc) is 3.38. The molecule has 1 saturated carbocycles. The summed E-state index contributed by atoms with van der Waals surface area (Å²) < 4.78 is 13.9. The standard InChI is InChI=1S/C24H28N4O4/c1-24(2,30)21-12-15-11-18(20(13-19(15)32-21)31-16-7-4-3-5-8-16)27-23(29)17-14-26-28-10-6-9-25-22(17)28/h6,9-11,13-14,16,21,30H,3-5,7-8,12H2,1-2H3,(H,27,29). The summed E-state index contributed by atoms with van der Waals surface area (Å²) in [6, 6.07) is 5.51. The lowest BCUT2D eigenvalue weighted by molar-refractivity contribution is -0.0230. The van der Waals surface area contributed by atoms with Gasteiger partial charge in [-0.25, -0.2) is 9.50 Å². The highest BCUT2D eigenvalue weighted by Crippen LogP contribution is 2.41. The molecule has 8 nitrogen and oxygen atoms in total. The molecular formula is C24H28N4O4. The molecule has 0 radical (unpaired) electrons. The summed E-state index contributed by atoms with van der Waals surface area (Å²) in [5.41, 5.74) is 1.43. The molecule has 0 spiro atoms. The highest BCUT2D eigenvalue weighted by atomic mass is 16.5. The number of hydrogen-bond acceptors (Lipinski definition) is 6. The summed E-state index contributed by atoms with van der Waals surface area (Å²) in [5.74, 6) is 0.980. The summed E-state index contributed by atoms with van der Waals surface area (Å²) in [6.45, 7) is 3.48. The second kappa shape index (κ2) is 8.09. The van der Waals surface area contributed by atoms with Crippen LogP contribution in [0.25, 0.3) is 5.65 Å². The number of carbonyl (C=O) groups excluding carboxylic acids is 1. The molecule has 0 bridgehead atoms. The van der Waals surface area contributed by atoms with Crippen LogP contribution in [0.15, 0.2) is 36.8 Å². The molecule has 1 aliphatic carbocycles. The van der Waals surface area contributed by atoms with E-state index < -0.39 is 5.60 Å². The van der Waals surface area contributed by atoms with Gasteiger partial charge in [0, 0.05) is 30.4 Å². The van der Waals surface area contributed by atoms with E-state index in [1.54, 1.807) is 36.8 Å². The van der Waals surface area contributed by atoms with E-state index in [-0.39, 0.29) is 18.1 Å². The molecule has 8 heteroatoms. The average molecular weight is 437 g/mol. The number of hydrogen-bond donors (Lipinski definition) is 2. The molecule has 1 aromatic carbocycles. The monoisotopic (exact) mass is 436 g/mol. The van der Waals surface area contributed by atoms with Gasteiger partial charge in [0.2, 0.25) is 0 Å². The van der Waals surface area contributed by atoms with Crippen LogP contribution >= 0.6 is 0 Å². The minimum Gasteiger partial charge on any atom is -0.488 e. The topological polar surface area (TPSA) is 98.0 Å². The van der Waals surface area contributed by atoms with Crippen molar-refractivity contribution in [1.82, 2.24) is 14.6 Å². The van der Waals surface area contributed by atoms with Crippen molar-refractivity contribution < 1.29 is 19.4 Å². The summed E-state index contributed by atoms with van der Waals surface area (Å²) in [7, 11) is 0. The number of carbonyl (C=O) groups is 1. The summed E-state index contributed by atoms with van der Waals surface area (Å²) in [4.78, 5) is 17.4. The predicted octanol–water partition coefficient (Wildman–Crippen LogP) is 3.77. The maximum atomic E-state index is 13.1. The van der Waals surface area contributed by atoms with Gasteiger partial charge in [-0.2, -0.15) is 5.10 Å². The number of rotatable bonds is 5. The Labute approximate surface area is 186 Å². The van der Waals surface area contributed by atoms with E-state index in [0.717, 1.165) is 31.2 Å². The first-order valence-corrected chi connectivity index (χ1v) is 11.2. The lowest BCUT2D eigenvalue weighted by Crippen LogP contribution is -2.39. The molecule has 5 rings (SSSR count). The van der Waals surface area contributed by atoms with Crippen LogP contribution in [0.4, 0.5) is 5.69 Å². The molecule has 1 fully saturated rings. The first kappa shape index (κ1) is 20.8. The number of aliphatic hydroxyl groups is 1. The Hall–Kier alpha value is -3.13. The minimum absolute atomic E-state index is 0.113. The Bertz CT molecular complexity index is 1140. The van der Waals surface area contributed by atoms with E-state index in [1.165, 1.54) is 12.6 Å². The van der Waals surface area contributed by atoms with E-state index >= 15 is 0 Å². The van der Waals surface area contributed by atoms with Crippen molar-refractivity contribution in [3.63, 3.8) is 0 Å². The van der Waals surface area contributed by atoms with Gasteiger partial charge in [-0.15, -0.1) is 0 Å². The van der Waals surface area contributed by atoms with Gasteiger partial charge < -0.3 is 19.9 Å². The van der Waals surface area contributed by atoms with Crippen molar-refractivity contribution in [3.05, 3.63) is 47.9 Å². The van der Waals surface area contributed by atoms with Crippen molar-refractivity contribution in [1.29, 1.82) is 0 Å². The van der Waals surface area contributed by atoms with Gasteiger partial charge in [-0.3, -0.25) is 4.79 Å². The first-order chi connectivity index (χ1) is 15.4. The van der Waals surface area contributed by atoms with E-state index in [2.05, 4.69) is 15.4 Å². The van der Waals surface area contributed by atoms with Gasteiger partial charge in [0.25, 0.3) is 5.91 Å². The summed E-state index contributed by atoms with van der Waals surface area (Å²) in [5, 5.41) is 17.6. The largest absolute Gasteiger partial charge is 0.488 e. The summed E-state index contributed by atoms with van der Waals surface area (Å²) >= 11 is 0. The number of fused-ring (bicyclic) bond motifs is 2. The molecule has 2 N–H and O–H groups in total. The SMILES string of the molecule is CC(C)(O)C1Cc2cc(NC(=O)c3cnn4cccnc34)c(OC3CCCCC3)cc2O1. The molecule has 3 aromatic rings. The number of ether oxygens (including phenoxy) is 2. The molecule has 1 amide bonds. The second-order valence-corrected chi connectivity index (χ2v) is 9.20. The zero-order chi connectivity index (χ0) is 22.3. The van der Waals surface area contributed by atoms with Crippen LogP contribution < -0.4 is 14.8 Å². The maximum Gasteiger partial charge on any atom is 0.261 e. The summed E-state index contributed by atoms with van der Waals surface area (Å²) in [6.07, 6.45) is 10.7. The highest BCUT2D eigenvalue weighted by molar-refractivity contribution is 6.08. The van der Waals surface area contributed by atoms with Crippen LogP contribution in [0, 0.1) is 0 Å². The third kappa shape index (κ3) is 4.02. The zero-order valence-corrected chi connectivity index (χ0v) is 18.4. The Kier molecular flexibility index (Phi) is 5.25. The molecule has 1 unspecified atom stereocenters. The molecule has 2 aliphatic rings. The van der Waals surface area contributed by atoms with Crippen LogP contribution in [0.3, 0.4) is 0 Å². The van der Waals surface area contributed by atoms with Crippen molar-refractivity contribution in [2.45, 2.75) is 70.2 Å².